The third-order valence-corrected chi connectivity index (χ3v) is 3.86. The Kier molecular flexibility index (Phi) is 26.1. The Labute approximate surface area is 224 Å². The van der Waals surface area contributed by atoms with Crippen LogP contribution in [0, 0.1) is 0 Å². The number of rotatable bonds is 13. The molecule has 1 aliphatic heterocycles. The van der Waals surface area contributed by atoms with Crippen molar-refractivity contribution in [3.63, 3.8) is 0 Å². The second-order valence-corrected chi connectivity index (χ2v) is 5.86. The maximum Gasteiger partial charge on any atom is 0.231 e. The molecule has 0 fully saturated rings. The van der Waals surface area contributed by atoms with Crippen LogP contribution in [0.3, 0.4) is 0 Å². The van der Waals surface area contributed by atoms with Crippen LogP contribution in [-0.2, 0) is 92.4 Å². The molecule has 156 valence electrons. The van der Waals surface area contributed by atoms with Crippen molar-refractivity contribution in [1.82, 2.24) is 0 Å². The number of ether oxygens (including phenoxy) is 5. The van der Waals surface area contributed by atoms with Gasteiger partial charge in [-0.05, 0) is 36.1 Å². The van der Waals surface area contributed by atoms with Crippen LogP contribution < -0.4 is 9.47 Å². The fourth-order valence-corrected chi connectivity index (χ4v) is 2.53. The van der Waals surface area contributed by atoms with Crippen molar-refractivity contribution in [3.8, 4) is 11.5 Å². The minimum absolute atomic E-state index is 0. The third kappa shape index (κ3) is 12.9. The first kappa shape index (κ1) is 33.9. The summed E-state index contributed by atoms with van der Waals surface area (Å²) < 4.78 is 27.6. The minimum atomic E-state index is 0. The van der Waals surface area contributed by atoms with Gasteiger partial charge in [-0.15, -0.1) is 17.0 Å². The Morgan fingerprint density at radius 3 is 1.86 bits per heavy atom. The van der Waals surface area contributed by atoms with Gasteiger partial charge in [-0.3, -0.25) is 0 Å². The molecule has 0 saturated heterocycles. The molecule has 1 aromatic carbocycles. The predicted molar refractivity (Wildman–Crippen MR) is 103 cm³/mol. The molecule has 28 heavy (non-hydrogen) atoms. The first-order valence-electron chi connectivity index (χ1n) is 8.99. The summed E-state index contributed by atoms with van der Waals surface area (Å²) in [6.07, 6.45) is 4.38. The molecule has 0 atom stereocenters. The number of hydrogen-bond acceptors (Lipinski definition) is 5. The van der Waals surface area contributed by atoms with Crippen LogP contribution in [-0.4, -0.2) is 39.8 Å². The molecular weight excluding hydrogens is 532 g/mol. The van der Waals surface area contributed by atoms with Gasteiger partial charge in [0.05, 0.1) is 33.0 Å². The second-order valence-electron chi connectivity index (χ2n) is 5.86. The molecule has 0 aromatic heterocycles. The van der Waals surface area contributed by atoms with Crippen molar-refractivity contribution in [3.05, 3.63) is 23.3 Å². The molecule has 2 rings (SSSR count). The minimum Gasteiger partial charge on any atom is -0.454 e. The van der Waals surface area contributed by atoms with Gasteiger partial charge in [0, 0.05) is 71.8 Å². The van der Waals surface area contributed by atoms with Gasteiger partial charge in [0.2, 0.25) is 6.79 Å². The summed E-state index contributed by atoms with van der Waals surface area (Å²) in [5.41, 5.74) is 2.44. The normalized spacial score (nSPS) is 10.9. The Bertz CT molecular complexity index is 495. The largest absolute Gasteiger partial charge is 0.454 e. The van der Waals surface area contributed by atoms with Crippen LogP contribution in [0.15, 0.2) is 12.1 Å². The summed E-state index contributed by atoms with van der Waals surface area (Å²) >= 11 is 0. The van der Waals surface area contributed by atoms with E-state index < -0.39 is 0 Å². The molecule has 0 N–H and O–H groups in total. The van der Waals surface area contributed by atoms with Crippen molar-refractivity contribution in [2.24, 2.45) is 0 Å². The van der Waals surface area contributed by atoms with Crippen molar-refractivity contribution in [2.75, 3.05) is 39.8 Å². The van der Waals surface area contributed by atoms with Gasteiger partial charge in [-0.25, -0.2) is 0 Å². The zero-order valence-electron chi connectivity index (χ0n) is 16.9. The first-order valence-corrected chi connectivity index (χ1v) is 8.99. The van der Waals surface area contributed by atoms with Gasteiger partial charge in [-0.1, -0.05) is 26.7 Å². The molecule has 5 nitrogen and oxygen atoms in total. The maximum atomic E-state index is 5.75. The molecule has 0 unspecified atom stereocenters. The first-order chi connectivity index (χ1) is 11.8. The van der Waals surface area contributed by atoms with Crippen LogP contribution in [0.4, 0.5) is 0 Å². The van der Waals surface area contributed by atoms with Gasteiger partial charge in [-0.2, -0.15) is 0 Å². The fourth-order valence-electron chi connectivity index (χ4n) is 2.53. The standard InChI is InChI=1S/C19H30O5.BrH.3Ti/c1-3-5-7-20-8-9-21-10-11-22-14-17-13-19-18(23-15-24-19)12-16(17)6-4-2;;;;/h12-13H,3-11,14-15H2,1-2H3;1H;;;. The summed E-state index contributed by atoms with van der Waals surface area (Å²) in [6.45, 7) is 8.47. The fraction of sp³-hybridized carbons (Fsp3) is 0.684. The molecule has 0 radical (unpaired) electrons. The number of fused-ring (bicyclic) bond motifs is 1. The molecule has 0 aliphatic carbocycles. The average Bonchev–Trinajstić information content (AvgIpc) is 3.04. The summed E-state index contributed by atoms with van der Waals surface area (Å²) in [7, 11) is 0. The zero-order chi connectivity index (χ0) is 17.0. The predicted octanol–water partition coefficient (Wildman–Crippen LogP) is 4.29. The Balaban J connectivity index is -0.00000156. The van der Waals surface area contributed by atoms with Crippen LogP contribution in [0.5, 0.6) is 11.5 Å². The van der Waals surface area contributed by atoms with Gasteiger partial charge in [0.1, 0.15) is 0 Å². The molecular formula is C19H31BrO5Ti3. The van der Waals surface area contributed by atoms with Crippen molar-refractivity contribution in [1.29, 1.82) is 0 Å². The van der Waals surface area contributed by atoms with E-state index in [1.165, 1.54) is 11.1 Å². The number of benzene rings is 1. The van der Waals surface area contributed by atoms with Gasteiger partial charge in [0.25, 0.3) is 0 Å². The average molecular weight is 563 g/mol. The van der Waals surface area contributed by atoms with E-state index in [0.29, 0.717) is 39.8 Å². The van der Waals surface area contributed by atoms with Crippen molar-refractivity contribution in [2.45, 2.75) is 46.1 Å². The molecule has 9 heteroatoms. The summed E-state index contributed by atoms with van der Waals surface area (Å²) in [4.78, 5) is 0. The number of halogens is 1. The van der Waals surface area contributed by atoms with Crippen LogP contribution in [0.25, 0.3) is 0 Å². The number of hydrogen-bond donors (Lipinski definition) is 0. The third-order valence-electron chi connectivity index (χ3n) is 3.86. The van der Waals surface area contributed by atoms with Crippen LogP contribution >= 0.6 is 17.0 Å². The molecule has 1 aromatic rings. The summed E-state index contributed by atoms with van der Waals surface area (Å²) in [5.74, 6) is 1.66. The topological polar surface area (TPSA) is 46.2 Å². The van der Waals surface area contributed by atoms with Gasteiger partial charge in [0.15, 0.2) is 11.5 Å². The van der Waals surface area contributed by atoms with E-state index in [4.69, 9.17) is 23.7 Å². The van der Waals surface area contributed by atoms with Crippen molar-refractivity contribution >= 4 is 17.0 Å². The second kappa shape index (κ2) is 21.6. The van der Waals surface area contributed by atoms with E-state index in [2.05, 4.69) is 19.9 Å². The monoisotopic (exact) mass is 562 g/mol. The van der Waals surface area contributed by atoms with E-state index in [0.717, 1.165) is 43.8 Å². The Morgan fingerprint density at radius 1 is 0.750 bits per heavy atom. The van der Waals surface area contributed by atoms with Crippen molar-refractivity contribution < 1.29 is 88.8 Å². The molecule has 0 amide bonds. The van der Waals surface area contributed by atoms with Gasteiger partial charge >= 0.3 is 0 Å². The van der Waals surface area contributed by atoms with E-state index >= 15 is 0 Å². The molecule has 0 spiro atoms. The molecule has 0 saturated carbocycles. The summed E-state index contributed by atoms with van der Waals surface area (Å²) in [5, 5.41) is 0. The summed E-state index contributed by atoms with van der Waals surface area (Å²) in [6, 6.07) is 4.12. The molecule has 0 bridgehead atoms. The van der Waals surface area contributed by atoms with E-state index in [9.17, 15) is 0 Å². The zero-order valence-corrected chi connectivity index (χ0v) is 23.3. The van der Waals surface area contributed by atoms with Crippen LogP contribution in [0.1, 0.15) is 44.2 Å². The van der Waals surface area contributed by atoms with Gasteiger partial charge < -0.3 is 23.7 Å². The molecule has 1 heterocycles. The van der Waals surface area contributed by atoms with E-state index in [-0.39, 0.29) is 82.1 Å². The Hall–Kier alpha value is 1.32. The number of aryl methyl sites for hydroxylation is 1. The smallest absolute Gasteiger partial charge is 0.231 e. The van der Waals surface area contributed by atoms with Crippen LogP contribution in [0.2, 0.25) is 0 Å². The van der Waals surface area contributed by atoms with E-state index in [1.54, 1.807) is 0 Å². The Morgan fingerprint density at radius 2 is 1.29 bits per heavy atom. The molecule has 1 aliphatic rings. The SMILES string of the molecule is Br.CCCCOCCOCCOCc1cc2c(cc1CCC)OCO2.[Ti].[Ti].[Ti]. The number of unbranched alkanes of at least 4 members (excludes halogenated alkanes) is 1. The van der Waals surface area contributed by atoms with E-state index in [1.807, 2.05) is 6.07 Å². The quantitative estimate of drug-likeness (QED) is 0.265. The maximum absolute atomic E-state index is 5.75.